The van der Waals surface area contributed by atoms with Crippen LogP contribution in [0.25, 0.3) is 0 Å². The van der Waals surface area contributed by atoms with Crippen LogP contribution in [0, 0.1) is 0 Å². The van der Waals surface area contributed by atoms with Gasteiger partial charge in [-0.05, 0) is 48.1 Å². The van der Waals surface area contributed by atoms with Crippen molar-refractivity contribution < 1.29 is 5.11 Å². The average molecular weight is 352 g/mol. The lowest BCUT2D eigenvalue weighted by Crippen LogP contribution is -2.13. The Bertz CT molecular complexity index is 622. The van der Waals surface area contributed by atoms with E-state index in [2.05, 4.69) is 28.1 Å². The van der Waals surface area contributed by atoms with Crippen molar-refractivity contribution in [1.82, 2.24) is 0 Å². The molecule has 1 saturated carbocycles. The zero-order valence-corrected chi connectivity index (χ0v) is 13.4. The molecular formula is C17H16BrClO. The van der Waals surface area contributed by atoms with Gasteiger partial charge in [0, 0.05) is 15.1 Å². The minimum atomic E-state index is -0.639. The van der Waals surface area contributed by atoms with E-state index in [-0.39, 0.29) is 0 Å². The van der Waals surface area contributed by atoms with Gasteiger partial charge >= 0.3 is 0 Å². The monoisotopic (exact) mass is 350 g/mol. The summed E-state index contributed by atoms with van der Waals surface area (Å²) < 4.78 is 0.887. The van der Waals surface area contributed by atoms with Gasteiger partial charge in [0.1, 0.15) is 6.10 Å². The molecule has 0 bridgehead atoms. The summed E-state index contributed by atoms with van der Waals surface area (Å²) in [5.41, 5.74) is 3.10. The topological polar surface area (TPSA) is 20.2 Å². The minimum absolute atomic E-state index is 0.596. The Morgan fingerprint density at radius 1 is 1.10 bits per heavy atom. The molecule has 0 saturated heterocycles. The fourth-order valence-electron chi connectivity index (χ4n) is 2.74. The molecule has 1 fully saturated rings. The van der Waals surface area contributed by atoms with Crippen molar-refractivity contribution in [2.75, 3.05) is 0 Å². The molecule has 0 spiro atoms. The van der Waals surface area contributed by atoms with Crippen LogP contribution in [0.4, 0.5) is 0 Å². The molecule has 1 atom stereocenters. The van der Waals surface area contributed by atoms with Gasteiger partial charge in [-0.25, -0.2) is 0 Å². The van der Waals surface area contributed by atoms with Crippen molar-refractivity contribution >= 4 is 27.5 Å². The third-order valence-corrected chi connectivity index (χ3v) is 5.05. The normalized spacial score (nSPS) is 16.8. The molecule has 104 valence electrons. The maximum Gasteiger partial charge on any atom is 0.105 e. The number of rotatable bonds is 3. The van der Waals surface area contributed by atoms with Gasteiger partial charge in [-0.3, -0.25) is 0 Å². The fourth-order valence-corrected chi connectivity index (χ4v) is 3.39. The first kappa shape index (κ1) is 14.1. The fraction of sp³-hybridized carbons (Fsp3) is 0.294. The molecule has 20 heavy (non-hydrogen) atoms. The van der Waals surface area contributed by atoms with E-state index >= 15 is 0 Å². The largest absolute Gasteiger partial charge is 0.384 e. The average Bonchev–Trinajstić information content (AvgIpc) is 2.39. The van der Waals surface area contributed by atoms with E-state index in [1.165, 1.54) is 24.8 Å². The highest BCUT2D eigenvalue weighted by atomic mass is 79.9. The third kappa shape index (κ3) is 2.65. The van der Waals surface area contributed by atoms with Crippen molar-refractivity contribution in [1.29, 1.82) is 0 Å². The molecular weight excluding hydrogens is 336 g/mol. The van der Waals surface area contributed by atoms with Gasteiger partial charge in [-0.1, -0.05) is 58.2 Å². The number of benzene rings is 2. The van der Waals surface area contributed by atoms with Gasteiger partial charge in [-0.2, -0.15) is 0 Å². The van der Waals surface area contributed by atoms with Crippen LogP contribution < -0.4 is 0 Å². The van der Waals surface area contributed by atoms with Crippen LogP contribution >= 0.6 is 27.5 Å². The molecule has 2 aromatic carbocycles. The summed E-state index contributed by atoms with van der Waals surface area (Å²) in [7, 11) is 0. The Balaban J connectivity index is 2.01. The predicted molar refractivity (Wildman–Crippen MR) is 86.2 cm³/mol. The second-order valence-corrected chi connectivity index (χ2v) is 6.62. The second-order valence-electron chi connectivity index (χ2n) is 5.33. The Morgan fingerprint density at radius 2 is 1.85 bits per heavy atom. The van der Waals surface area contributed by atoms with Crippen LogP contribution in [-0.4, -0.2) is 5.11 Å². The van der Waals surface area contributed by atoms with E-state index in [0.717, 1.165) is 15.6 Å². The molecule has 1 unspecified atom stereocenters. The molecule has 0 aliphatic heterocycles. The summed E-state index contributed by atoms with van der Waals surface area (Å²) in [5, 5.41) is 11.4. The summed E-state index contributed by atoms with van der Waals surface area (Å²) in [6.45, 7) is 0. The van der Waals surface area contributed by atoms with Crippen LogP contribution in [-0.2, 0) is 0 Å². The highest BCUT2D eigenvalue weighted by Crippen LogP contribution is 2.41. The molecule has 0 radical (unpaired) electrons. The Hall–Kier alpha value is -0.830. The molecule has 3 rings (SSSR count). The maximum absolute atomic E-state index is 10.8. The Kier molecular flexibility index (Phi) is 4.16. The van der Waals surface area contributed by atoms with Crippen LogP contribution in [0.1, 0.15) is 48.0 Å². The first-order chi connectivity index (χ1) is 9.66. The summed E-state index contributed by atoms with van der Waals surface area (Å²) in [4.78, 5) is 0. The van der Waals surface area contributed by atoms with Gasteiger partial charge in [0.05, 0.1) is 0 Å². The highest BCUT2D eigenvalue weighted by molar-refractivity contribution is 9.10. The van der Waals surface area contributed by atoms with E-state index in [1.807, 2.05) is 30.3 Å². The van der Waals surface area contributed by atoms with Crippen molar-refractivity contribution in [2.45, 2.75) is 31.3 Å². The van der Waals surface area contributed by atoms with E-state index in [1.54, 1.807) is 0 Å². The first-order valence-corrected chi connectivity index (χ1v) is 8.06. The maximum atomic E-state index is 10.8. The first-order valence-electron chi connectivity index (χ1n) is 6.88. The molecule has 1 aliphatic carbocycles. The van der Waals surface area contributed by atoms with E-state index in [0.29, 0.717) is 10.9 Å². The standard InChI is InChI=1S/C17H16BrClO/c18-16-9-8-12(19)10-15(16)17(20)14-7-2-1-6-13(14)11-4-3-5-11/h1-2,6-11,17,20H,3-5H2. The van der Waals surface area contributed by atoms with E-state index in [9.17, 15) is 5.11 Å². The van der Waals surface area contributed by atoms with Crippen LogP contribution in [0.2, 0.25) is 5.02 Å². The van der Waals surface area contributed by atoms with Crippen LogP contribution in [0.5, 0.6) is 0 Å². The highest BCUT2D eigenvalue weighted by Gasteiger charge is 2.25. The van der Waals surface area contributed by atoms with Gasteiger partial charge in [0.15, 0.2) is 0 Å². The van der Waals surface area contributed by atoms with E-state index in [4.69, 9.17) is 11.6 Å². The number of aliphatic hydroxyl groups excluding tert-OH is 1. The molecule has 3 heteroatoms. The molecule has 0 heterocycles. The van der Waals surface area contributed by atoms with Crippen molar-refractivity contribution in [3.8, 4) is 0 Å². The van der Waals surface area contributed by atoms with Gasteiger partial charge in [0.2, 0.25) is 0 Å². The summed E-state index contributed by atoms with van der Waals surface area (Å²) >= 11 is 9.56. The van der Waals surface area contributed by atoms with Crippen LogP contribution in [0.15, 0.2) is 46.9 Å². The predicted octanol–water partition coefficient (Wildman–Crippen LogP) is 5.45. The smallest absolute Gasteiger partial charge is 0.105 e. The molecule has 1 N–H and O–H groups in total. The summed E-state index contributed by atoms with van der Waals surface area (Å²) in [5.74, 6) is 0.596. The quantitative estimate of drug-likeness (QED) is 0.779. The molecule has 1 aliphatic rings. The number of halogens is 2. The van der Waals surface area contributed by atoms with Crippen molar-refractivity contribution in [3.63, 3.8) is 0 Å². The molecule has 1 nitrogen and oxygen atoms in total. The molecule has 0 aromatic heterocycles. The van der Waals surface area contributed by atoms with Crippen molar-refractivity contribution in [2.24, 2.45) is 0 Å². The van der Waals surface area contributed by atoms with Gasteiger partial charge in [0.25, 0.3) is 0 Å². The number of hydrogen-bond acceptors (Lipinski definition) is 1. The summed E-state index contributed by atoms with van der Waals surface area (Å²) in [6, 6.07) is 13.7. The zero-order chi connectivity index (χ0) is 14.1. The Labute approximate surface area is 132 Å². The lowest BCUT2D eigenvalue weighted by molar-refractivity contribution is 0.216. The lowest BCUT2D eigenvalue weighted by Gasteiger charge is -2.29. The minimum Gasteiger partial charge on any atom is -0.384 e. The van der Waals surface area contributed by atoms with Crippen molar-refractivity contribution in [3.05, 3.63) is 68.7 Å². The van der Waals surface area contributed by atoms with Gasteiger partial charge < -0.3 is 5.11 Å². The number of hydrogen-bond donors (Lipinski definition) is 1. The van der Waals surface area contributed by atoms with Crippen LogP contribution in [0.3, 0.4) is 0 Å². The lowest BCUT2D eigenvalue weighted by atomic mass is 9.77. The van der Waals surface area contributed by atoms with E-state index < -0.39 is 6.10 Å². The molecule has 0 amide bonds. The second kappa shape index (κ2) is 5.88. The summed E-state index contributed by atoms with van der Waals surface area (Å²) in [6.07, 6.45) is 3.09. The Morgan fingerprint density at radius 3 is 2.55 bits per heavy atom. The third-order valence-electron chi connectivity index (χ3n) is 4.09. The number of aliphatic hydroxyl groups is 1. The zero-order valence-electron chi connectivity index (χ0n) is 11.0. The van der Waals surface area contributed by atoms with Gasteiger partial charge in [-0.15, -0.1) is 0 Å². The molecule has 2 aromatic rings. The SMILES string of the molecule is OC(c1cc(Cl)ccc1Br)c1ccccc1C1CCC1.